The lowest BCUT2D eigenvalue weighted by Gasteiger charge is -2.02. The summed E-state index contributed by atoms with van der Waals surface area (Å²) in [7, 11) is 0. The largest absolute Gasteiger partial charge is 0.294 e. The third-order valence-electron chi connectivity index (χ3n) is 1.55. The van der Waals surface area contributed by atoms with Gasteiger partial charge in [0.15, 0.2) is 5.78 Å². The van der Waals surface area contributed by atoms with Crippen molar-refractivity contribution >= 4 is 60.2 Å². The van der Waals surface area contributed by atoms with Gasteiger partial charge in [0.05, 0.1) is 0 Å². The van der Waals surface area contributed by atoms with Gasteiger partial charge in [0.25, 0.3) is 0 Å². The molecule has 0 radical (unpaired) electrons. The molecule has 0 spiro atoms. The average molecular weight is 418 g/mol. The SMILES string of the molecule is O=C(CCBr)c1cc(I)ccc1Br. The molecule has 0 heterocycles. The molecule has 0 saturated carbocycles. The summed E-state index contributed by atoms with van der Waals surface area (Å²) in [5.74, 6) is 0.169. The summed E-state index contributed by atoms with van der Waals surface area (Å²) >= 11 is 8.81. The fourth-order valence-electron chi connectivity index (χ4n) is 0.932. The minimum Gasteiger partial charge on any atom is -0.294 e. The standard InChI is InChI=1S/C9H7Br2IO/c10-4-3-9(13)7-5-6(12)1-2-8(7)11/h1-2,5H,3-4H2. The molecular weight excluding hydrogens is 411 g/mol. The van der Waals surface area contributed by atoms with Gasteiger partial charge in [-0.1, -0.05) is 31.9 Å². The maximum absolute atomic E-state index is 11.6. The van der Waals surface area contributed by atoms with Crippen LogP contribution in [0.1, 0.15) is 16.8 Å². The smallest absolute Gasteiger partial charge is 0.164 e. The first-order valence-electron chi connectivity index (χ1n) is 3.69. The van der Waals surface area contributed by atoms with Gasteiger partial charge in [-0.15, -0.1) is 0 Å². The zero-order valence-corrected chi connectivity index (χ0v) is 12.0. The van der Waals surface area contributed by atoms with E-state index in [0.717, 1.165) is 13.6 Å². The fraction of sp³-hybridized carbons (Fsp3) is 0.222. The molecule has 0 amide bonds. The third kappa shape index (κ3) is 3.32. The summed E-state index contributed by atoms with van der Waals surface area (Å²) in [6.45, 7) is 0. The Morgan fingerprint density at radius 3 is 2.77 bits per heavy atom. The number of Topliss-reactive ketones (excluding diaryl/α,β-unsaturated/α-hetero) is 1. The topological polar surface area (TPSA) is 17.1 Å². The molecule has 1 rings (SSSR count). The number of halogens is 3. The Labute approximate surface area is 108 Å². The van der Waals surface area contributed by atoms with Gasteiger partial charge >= 0.3 is 0 Å². The molecule has 0 aromatic heterocycles. The predicted octanol–water partition coefficient (Wildman–Crippen LogP) is 4.02. The summed E-state index contributed by atoms with van der Waals surface area (Å²) in [6, 6.07) is 5.77. The van der Waals surface area contributed by atoms with Gasteiger partial charge in [-0.05, 0) is 40.8 Å². The molecule has 0 saturated heterocycles. The monoisotopic (exact) mass is 416 g/mol. The van der Waals surface area contributed by atoms with Crippen LogP contribution in [0.3, 0.4) is 0 Å². The second-order valence-electron chi connectivity index (χ2n) is 2.49. The number of alkyl halides is 1. The summed E-state index contributed by atoms with van der Waals surface area (Å²) in [5.41, 5.74) is 0.770. The van der Waals surface area contributed by atoms with Crippen LogP contribution in [-0.2, 0) is 0 Å². The number of benzene rings is 1. The zero-order valence-electron chi connectivity index (χ0n) is 6.69. The van der Waals surface area contributed by atoms with E-state index in [2.05, 4.69) is 54.5 Å². The molecule has 0 unspecified atom stereocenters. The van der Waals surface area contributed by atoms with Crippen molar-refractivity contribution in [1.82, 2.24) is 0 Å². The molecule has 1 aromatic carbocycles. The van der Waals surface area contributed by atoms with Crippen molar-refractivity contribution in [1.29, 1.82) is 0 Å². The predicted molar refractivity (Wildman–Crippen MR) is 69.6 cm³/mol. The van der Waals surface area contributed by atoms with Crippen LogP contribution in [0.2, 0.25) is 0 Å². The maximum atomic E-state index is 11.6. The molecule has 13 heavy (non-hydrogen) atoms. The maximum Gasteiger partial charge on any atom is 0.164 e. The Balaban J connectivity index is 2.99. The van der Waals surface area contributed by atoms with Gasteiger partial charge in [-0.2, -0.15) is 0 Å². The highest BCUT2D eigenvalue weighted by Gasteiger charge is 2.09. The summed E-state index contributed by atoms with van der Waals surface area (Å²) in [5, 5.41) is 0.712. The molecule has 0 N–H and O–H groups in total. The van der Waals surface area contributed by atoms with E-state index in [1.807, 2.05) is 18.2 Å². The van der Waals surface area contributed by atoms with Crippen LogP contribution in [0.25, 0.3) is 0 Å². The molecule has 70 valence electrons. The molecule has 0 aliphatic heterocycles. The van der Waals surface area contributed by atoms with Crippen molar-refractivity contribution in [3.8, 4) is 0 Å². The van der Waals surface area contributed by atoms with Gasteiger partial charge in [0.2, 0.25) is 0 Å². The second-order valence-corrected chi connectivity index (χ2v) is 5.38. The fourth-order valence-corrected chi connectivity index (χ4v) is 2.25. The molecule has 0 aliphatic carbocycles. The van der Waals surface area contributed by atoms with Gasteiger partial charge in [-0.3, -0.25) is 4.79 Å². The van der Waals surface area contributed by atoms with Crippen molar-refractivity contribution in [3.05, 3.63) is 31.8 Å². The minimum atomic E-state index is 0.169. The summed E-state index contributed by atoms with van der Waals surface area (Å²) in [4.78, 5) is 11.6. The lowest BCUT2D eigenvalue weighted by Crippen LogP contribution is -2.00. The summed E-state index contributed by atoms with van der Waals surface area (Å²) < 4.78 is 1.96. The molecule has 0 fully saturated rings. The number of hydrogen-bond donors (Lipinski definition) is 0. The van der Waals surface area contributed by atoms with Crippen molar-refractivity contribution < 1.29 is 4.79 Å². The Morgan fingerprint density at radius 1 is 1.46 bits per heavy atom. The van der Waals surface area contributed by atoms with E-state index in [1.165, 1.54) is 0 Å². The molecule has 0 bridgehead atoms. The van der Waals surface area contributed by atoms with Crippen LogP contribution < -0.4 is 0 Å². The van der Waals surface area contributed by atoms with Crippen LogP contribution in [0.5, 0.6) is 0 Å². The van der Waals surface area contributed by atoms with Crippen molar-refractivity contribution in [3.63, 3.8) is 0 Å². The number of carbonyl (C=O) groups is 1. The van der Waals surface area contributed by atoms with Gasteiger partial charge < -0.3 is 0 Å². The van der Waals surface area contributed by atoms with Gasteiger partial charge in [-0.25, -0.2) is 0 Å². The molecule has 1 nitrogen and oxygen atoms in total. The molecule has 0 atom stereocenters. The number of rotatable bonds is 3. The number of hydrogen-bond acceptors (Lipinski definition) is 1. The van der Waals surface area contributed by atoms with E-state index in [0.29, 0.717) is 11.8 Å². The lowest BCUT2D eigenvalue weighted by molar-refractivity contribution is 0.0989. The highest BCUT2D eigenvalue weighted by molar-refractivity contribution is 14.1. The van der Waals surface area contributed by atoms with E-state index >= 15 is 0 Å². The van der Waals surface area contributed by atoms with Crippen LogP contribution >= 0.6 is 54.5 Å². The molecule has 4 heteroatoms. The van der Waals surface area contributed by atoms with Crippen LogP contribution in [0, 0.1) is 3.57 Å². The Kier molecular flexibility index (Phi) is 4.89. The first-order chi connectivity index (χ1) is 6.15. The lowest BCUT2D eigenvalue weighted by atomic mass is 10.1. The molecule has 0 aliphatic rings. The third-order valence-corrected chi connectivity index (χ3v) is 3.31. The average Bonchev–Trinajstić information content (AvgIpc) is 2.09. The van der Waals surface area contributed by atoms with E-state index in [1.54, 1.807) is 0 Å². The van der Waals surface area contributed by atoms with E-state index in [9.17, 15) is 4.79 Å². The number of ketones is 1. The van der Waals surface area contributed by atoms with Gasteiger partial charge in [0.1, 0.15) is 0 Å². The van der Waals surface area contributed by atoms with Crippen LogP contribution in [-0.4, -0.2) is 11.1 Å². The highest BCUT2D eigenvalue weighted by Crippen LogP contribution is 2.21. The summed E-state index contributed by atoms with van der Waals surface area (Å²) in [6.07, 6.45) is 0.540. The first kappa shape index (κ1) is 11.7. The zero-order chi connectivity index (χ0) is 9.84. The highest BCUT2D eigenvalue weighted by atomic mass is 127. The second kappa shape index (κ2) is 5.46. The Morgan fingerprint density at radius 2 is 2.15 bits per heavy atom. The Hall–Kier alpha value is 0.580. The molecule has 1 aromatic rings. The van der Waals surface area contributed by atoms with E-state index in [4.69, 9.17) is 0 Å². The Bertz CT molecular complexity index is 325. The normalized spacial score (nSPS) is 10.1. The first-order valence-corrected chi connectivity index (χ1v) is 6.68. The van der Waals surface area contributed by atoms with Crippen molar-refractivity contribution in [2.45, 2.75) is 6.42 Å². The van der Waals surface area contributed by atoms with Crippen LogP contribution in [0.4, 0.5) is 0 Å². The quantitative estimate of drug-likeness (QED) is 0.412. The number of carbonyl (C=O) groups excluding carboxylic acids is 1. The molecular formula is C9H7Br2IO. The van der Waals surface area contributed by atoms with Gasteiger partial charge in [0, 0.05) is 25.4 Å². The van der Waals surface area contributed by atoms with E-state index in [-0.39, 0.29) is 5.78 Å². The van der Waals surface area contributed by atoms with E-state index < -0.39 is 0 Å². The van der Waals surface area contributed by atoms with Crippen molar-refractivity contribution in [2.75, 3.05) is 5.33 Å². The minimum absolute atomic E-state index is 0.169. The van der Waals surface area contributed by atoms with Crippen LogP contribution in [0.15, 0.2) is 22.7 Å². The van der Waals surface area contributed by atoms with Crippen molar-refractivity contribution in [2.24, 2.45) is 0 Å².